The summed E-state index contributed by atoms with van der Waals surface area (Å²) in [6, 6.07) is 7.59. The predicted octanol–water partition coefficient (Wildman–Crippen LogP) is 4.64. The highest BCUT2D eigenvalue weighted by molar-refractivity contribution is 6.31. The second kappa shape index (κ2) is 10.5. The molecule has 12 heteroatoms. The summed E-state index contributed by atoms with van der Waals surface area (Å²) in [4.78, 5) is 40.8. The summed E-state index contributed by atoms with van der Waals surface area (Å²) in [7, 11) is 0. The zero-order valence-corrected chi connectivity index (χ0v) is 22.1. The Balaban J connectivity index is 1.34. The summed E-state index contributed by atoms with van der Waals surface area (Å²) in [5.41, 5.74) is -1.24. The number of likely N-dealkylation sites (tertiary alicyclic amines) is 1. The molecule has 0 spiro atoms. The maximum atomic E-state index is 14.3. The number of piperidine rings is 1. The minimum Gasteiger partial charge on any atom is -0.453 e. The Morgan fingerprint density at radius 3 is 2.55 bits per heavy atom. The van der Waals surface area contributed by atoms with E-state index in [1.807, 2.05) is 20.8 Å². The second-order valence-corrected chi connectivity index (χ2v) is 10.5. The van der Waals surface area contributed by atoms with Crippen LogP contribution in [0.25, 0.3) is 10.9 Å². The molecule has 1 amide bonds. The molecule has 10 nitrogen and oxygen atoms in total. The number of nitriles is 1. The molecule has 5 rings (SSSR count). The van der Waals surface area contributed by atoms with E-state index in [0.717, 1.165) is 12.1 Å². The van der Waals surface area contributed by atoms with Gasteiger partial charge >= 0.3 is 6.09 Å². The molecule has 2 aliphatic rings. The molecule has 2 aromatic carbocycles. The van der Waals surface area contributed by atoms with Crippen molar-refractivity contribution in [3.8, 4) is 17.6 Å². The van der Waals surface area contributed by atoms with Gasteiger partial charge in [0.05, 0.1) is 17.1 Å². The first kappa shape index (κ1) is 26.9. The van der Waals surface area contributed by atoms with E-state index in [1.165, 1.54) is 35.3 Å². The summed E-state index contributed by atoms with van der Waals surface area (Å²) in [6.07, 6.45) is 3.50. The lowest BCUT2D eigenvalue weighted by Gasteiger charge is -2.34. The van der Waals surface area contributed by atoms with Crippen LogP contribution in [0.3, 0.4) is 0 Å². The molecule has 0 N–H and O–H groups in total. The van der Waals surface area contributed by atoms with Crippen LogP contribution < -0.4 is 10.3 Å². The van der Waals surface area contributed by atoms with Gasteiger partial charge in [0.2, 0.25) is 0 Å². The summed E-state index contributed by atoms with van der Waals surface area (Å²) < 4.78 is 40.5. The van der Waals surface area contributed by atoms with Crippen molar-refractivity contribution in [3.63, 3.8) is 0 Å². The highest BCUT2D eigenvalue weighted by Gasteiger charge is 2.32. The lowest BCUT2D eigenvalue weighted by atomic mass is 9.94. The van der Waals surface area contributed by atoms with Crippen molar-refractivity contribution in [3.05, 3.63) is 64.2 Å². The quantitative estimate of drug-likeness (QED) is 0.470. The van der Waals surface area contributed by atoms with Crippen LogP contribution in [-0.2, 0) is 4.74 Å². The van der Waals surface area contributed by atoms with E-state index in [9.17, 15) is 23.6 Å². The van der Waals surface area contributed by atoms with E-state index < -0.39 is 40.3 Å². The van der Waals surface area contributed by atoms with Crippen LogP contribution in [0.2, 0.25) is 0 Å². The third kappa shape index (κ3) is 5.40. The molecule has 2 aliphatic heterocycles. The SMILES string of the molecule is CC(C)(C)OC(=O)N1CCC(C2N=CC(n3cnc4ccc(Oc5c(F)ccc(F)c5C#N)cc4c3=O)=N2)CC1. The number of aromatic nitrogens is 2. The first-order valence-electron chi connectivity index (χ1n) is 12.7. The van der Waals surface area contributed by atoms with Crippen molar-refractivity contribution < 1.29 is 23.0 Å². The maximum Gasteiger partial charge on any atom is 0.410 e. The van der Waals surface area contributed by atoms with Gasteiger partial charge in [-0.15, -0.1) is 0 Å². The molecule has 0 bridgehead atoms. The van der Waals surface area contributed by atoms with Crippen LogP contribution >= 0.6 is 0 Å². The highest BCUT2D eigenvalue weighted by Crippen LogP contribution is 2.31. The Morgan fingerprint density at radius 2 is 1.85 bits per heavy atom. The fourth-order valence-electron chi connectivity index (χ4n) is 4.59. The van der Waals surface area contributed by atoms with Crippen LogP contribution in [0, 0.1) is 28.9 Å². The minimum atomic E-state index is -0.924. The van der Waals surface area contributed by atoms with Gasteiger partial charge in [-0.25, -0.2) is 28.1 Å². The van der Waals surface area contributed by atoms with E-state index in [4.69, 9.17) is 9.47 Å². The van der Waals surface area contributed by atoms with Crippen LogP contribution in [0.5, 0.6) is 11.5 Å². The van der Waals surface area contributed by atoms with Gasteiger partial charge in [0.15, 0.2) is 17.4 Å². The number of benzene rings is 2. The Hall–Kier alpha value is -4.66. The van der Waals surface area contributed by atoms with Gasteiger partial charge in [-0.2, -0.15) is 5.26 Å². The molecule has 1 fully saturated rings. The van der Waals surface area contributed by atoms with Gasteiger partial charge in [-0.05, 0) is 63.9 Å². The Labute approximate surface area is 228 Å². The molecular formula is C28H26F2N6O4. The Bertz CT molecular complexity index is 1650. The molecular weight excluding hydrogens is 522 g/mol. The molecule has 0 radical (unpaired) electrons. The van der Waals surface area contributed by atoms with Gasteiger partial charge in [-0.1, -0.05) is 0 Å². The summed E-state index contributed by atoms with van der Waals surface area (Å²) >= 11 is 0. The average molecular weight is 549 g/mol. The van der Waals surface area contributed by atoms with Gasteiger partial charge in [0.25, 0.3) is 5.56 Å². The fourth-order valence-corrected chi connectivity index (χ4v) is 4.59. The zero-order valence-electron chi connectivity index (χ0n) is 22.1. The molecule has 3 heterocycles. The first-order chi connectivity index (χ1) is 19.0. The number of halogens is 2. The zero-order chi connectivity index (χ0) is 28.6. The van der Waals surface area contributed by atoms with Crippen LogP contribution in [-0.4, -0.2) is 57.5 Å². The molecule has 3 aromatic rings. The first-order valence-corrected chi connectivity index (χ1v) is 12.7. The molecule has 1 unspecified atom stereocenters. The second-order valence-electron chi connectivity index (χ2n) is 10.5. The standard InChI is InChI=1S/C28H26F2N6O4/c1-28(2,3)40-27(38)35-10-8-16(9-11-35)25-32-14-23(34-25)36-15-33-22-7-4-17(12-18(22)26(36)37)39-24-19(13-31)20(29)5-6-21(24)30/h4-7,12,14-16,25H,8-11H2,1-3H3. The topological polar surface area (TPSA) is 122 Å². The molecule has 1 aromatic heterocycles. The Morgan fingerprint density at radius 1 is 1.12 bits per heavy atom. The number of hydrogen-bond donors (Lipinski definition) is 0. The maximum absolute atomic E-state index is 14.3. The highest BCUT2D eigenvalue weighted by atomic mass is 19.1. The molecule has 1 saturated heterocycles. The predicted molar refractivity (Wildman–Crippen MR) is 143 cm³/mol. The third-order valence-corrected chi connectivity index (χ3v) is 6.59. The molecule has 1 atom stereocenters. The normalized spacial score (nSPS) is 17.6. The smallest absolute Gasteiger partial charge is 0.410 e. The van der Waals surface area contributed by atoms with E-state index in [-0.39, 0.29) is 23.1 Å². The lowest BCUT2D eigenvalue weighted by Crippen LogP contribution is -2.43. The lowest BCUT2D eigenvalue weighted by molar-refractivity contribution is 0.0176. The number of amides is 1. The number of rotatable bonds is 3. The van der Waals surface area contributed by atoms with E-state index >= 15 is 0 Å². The van der Waals surface area contributed by atoms with Gasteiger partial charge < -0.3 is 14.4 Å². The van der Waals surface area contributed by atoms with Gasteiger partial charge in [-0.3, -0.25) is 9.79 Å². The van der Waals surface area contributed by atoms with E-state index in [1.54, 1.807) is 11.0 Å². The van der Waals surface area contributed by atoms with Crippen molar-refractivity contribution in [2.45, 2.75) is 45.4 Å². The molecule has 40 heavy (non-hydrogen) atoms. The molecule has 0 aliphatic carbocycles. The summed E-state index contributed by atoms with van der Waals surface area (Å²) in [6.45, 7) is 6.53. The minimum absolute atomic E-state index is 0.0294. The van der Waals surface area contributed by atoms with Crippen LogP contribution in [0.4, 0.5) is 13.6 Å². The third-order valence-electron chi connectivity index (χ3n) is 6.59. The van der Waals surface area contributed by atoms with Crippen molar-refractivity contribution in [2.24, 2.45) is 15.9 Å². The van der Waals surface area contributed by atoms with Gasteiger partial charge in [0, 0.05) is 19.0 Å². The van der Waals surface area contributed by atoms with Crippen molar-refractivity contribution in [1.29, 1.82) is 5.26 Å². The molecule has 0 saturated carbocycles. The summed E-state index contributed by atoms with van der Waals surface area (Å²) in [5.74, 6) is -1.98. The number of fused-ring (bicyclic) bond motifs is 1. The largest absolute Gasteiger partial charge is 0.453 e. The molecule has 206 valence electrons. The van der Waals surface area contributed by atoms with Crippen molar-refractivity contribution in [1.82, 2.24) is 14.5 Å². The fraction of sp³-hybridized carbons (Fsp3) is 0.357. The van der Waals surface area contributed by atoms with Crippen molar-refractivity contribution >= 4 is 29.0 Å². The monoisotopic (exact) mass is 548 g/mol. The number of carbonyl (C=O) groups excluding carboxylic acids is 1. The number of aliphatic imine (C=N–C) groups is 2. The van der Waals surface area contributed by atoms with Crippen molar-refractivity contribution in [2.75, 3.05) is 13.1 Å². The number of carbonyl (C=O) groups is 1. The number of ether oxygens (including phenoxy) is 2. The van der Waals surface area contributed by atoms with Crippen LogP contribution in [0.15, 0.2) is 51.4 Å². The van der Waals surface area contributed by atoms with E-state index in [0.29, 0.717) is 37.3 Å². The van der Waals surface area contributed by atoms with Gasteiger partial charge in [0.1, 0.15) is 41.3 Å². The summed E-state index contributed by atoms with van der Waals surface area (Å²) in [5, 5.41) is 9.37. The Kier molecular flexibility index (Phi) is 7.06. The number of nitrogens with zero attached hydrogens (tertiary/aromatic N) is 6. The number of hydrogen-bond acceptors (Lipinski definition) is 8. The van der Waals surface area contributed by atoms with E-state index in [2.05, 4.69) is 15.0 Å². The average Bonchev–Trinajstić information content (AvgIpc) is 3.40. The van der Waals surface area contributed by atoms with Crippen LogP contribution in [0.1, 0.15) is 39.2 Å².